The molecule has 0 aromatic carbocycles. The predicted molar refractivity (Wildman–Crippen MR) is 72.9 cm³/mol. The van der Waals surface area contributed by atoms with Gasteiger partial charge in [0.15, 0.2) is 0 Å². The highest BCUT2D eigenvalue weighted by Gasteiger charge is 2.27. The monoisotopic (exact) mass is 239 g/mol. The normalized spacial score (nSPS) is 37.9. The molecule has 17 heavy (non-hydrogen) atoms. The molecule has 3 unspecified atom stereocenters. The summed E-state index contributed by atoms with van der Waals surface area (Å²) < 4.78 is 0. The van der Waals surface area contributed by atoms with Crippen LogP contribution in [0.3, 0.4) is 0 Å². The quantitative estimate of drug-likeness (QED) is 0.797. The molecule has 2 fully saturated rings. The van der Waals surface area contributed by atoms with Crippen LogP contribution in [0.15, 0.2) is 0 Å². The molecule has 0 saturated carbocycles. The van der Waals surface area contributed by atoms with E-state index in [2.05, 4.69) is 36.2 Å². The van der Waals surface area contributed by atoms with Crippen LogP contribution in [0, 0.1) is 0 Å². The molecule has 2 heterocycles. The van der Waals surface area contributed by atoms with Crippen LogP contribution in [-0.2, 0) is 0 Å². The van der Waals surface area contributed by atoms with Crippen molar-refractivity contribution in [2.24, 2.45) is 0 Å². The lowest BCUT2D eigenvalue weighted by atomic mass is 9.99. The summed E-state index contributed by atoms with van der Waals surface area (Å²) in [7, 11) is 2.24. The first kappa shape index (κ1) is 13.3. The lowest BCUT2D eigenvalue weighted by Gasteiger charge is -2.41. The van der Waals surface area contributed by atoms with Gasteiger partial charge in [0, 0.05) is 18.1 Å². The van der Waals surface area contributed by atoms with E-state index >= 15 is 0 Å². The Bertz CT molecular complexity index is 222. The largest absolute Gasteiger partial charge is 0.306 e. The second-order valence-corrected chi connectivity index (χ2v) is 6.10. The van der Waals surface area contributed by atoms with Crippen molar-refractivity contribution in [2.45, 2.75) is 70.5 Å². The number of hydrogen-bond acceptors (Lipinski definition) is 3. The molecule has 100 valence electrons. The molecular formula is C14H29N3. The summed E-state index contributed by atoms with van der Waals surface area (Å²) in [5.74, 6) is 0. The number of likely N-dealkylation sites (tertiary alicyclic amines) is 1. The molecule has 0 spiro atoms. The molecule has 0 amide bonds. The molecule has 2 aliphatic heterocycles. The SMILES string of the molecule is CC1CCCC(C)N1NC1CCCN(C)CC1. The van der Waals surface area contributed by atoms with Crippen LogP contribution in [0.2, 0.25) is 0 Å². The zero-order chi connectivity index (χ0) is 12.3. The maximum absolute atomic E-state index is 3.82. The third kappa shape index (κ3) is 3.67. The van der Waals surface area contributed by atoms with Crippen molar-refractivity contribution in [1.29, 1.82) is 0 Å². The summed E-state index contributed by atoms with van der Waals surface area (Å²) in [4.78, 5) is 2.46. The molecule has 0 aromatic heterocycles. The van der Waals surface area contributed by atoms with Gasteiger partial charge in [0.2, 0.25) is 0 Å². The van der Waals surface area contributed by atoms with E-state index in [0.717, 1.165) is 0 Å². The van der Waals surface area contributed by atoms with Crippen LogP contribution in [-0.4, -0.2) is 48.2 Å². The van der Waals surface area contributed by atoms with Gasteiger partial charge in [-0.1, -0.05) is 6.42 Å². The number of hydrogen-bond donors (Lipinski definition) is 1. The van der Waals surface area contributed by atoms with Crippen LogP contribution in [0.25, 0.3) is 0 Å². The summed E-state index contributed by atoms with van der Waals surface area (Å²) in [6.07, 6.45) is 8.07. The summed E-state index contributed by atoms with van der Waals surface area (Å²) in [5, 5.41) is 2.54. The number of piperidine rings is 1. The highest BCUT2D eigenvalue weighted by atomic mass is 15.5. The van der Waals surface area contributed by atoms with Crippen molar-refractivity contribution in [2.75, 3.05) is 20.1 Å². The van der Waals surface area contributed by atoms with Gasteiger partial charge in [0.25, 0.3) is 0 Å². The smallest absolute Gasteiger partial charge is 0.0228 e. The van der Waals surface area contributed by atoms with Gasteiger partial charge in [0.1, 0.15) is 0 Å². The van der Waals surface area contributed by atoms with Gasteiger partial charge in [-0.25, -0.2) is 5.01 Å². The van der Waals surface area contributed by atoms with Gasteiger partial charge in [-0.2, -0.15) is 0 Å². The van der Waals surface area contributed by atoms with Crippen molar-refractivity contribution < 1.29 is 0 Å². The van der Waals surface area contributed by atoms with Crippen LogP contribution < -0.4 is 5.43 Å². The van der Waals surface area contributed by atoms with Gasteiger partial charge in [-0.3, -0.25) is 5.43 Å². The third-order valence-electron chi connectivity index (χ3n) is 4.48. The van der Waals surface area contributed by atoms with Crippen LogP contribution in [0.4, 0.5) is 0 Å². The number of nitrogens with one attached hydrogen (secondary N) is 1. The topological polar surface area (TPSA) is 18.5 Å². The molecule has 2 rings (SSSR count). The van der Waals surface area contributed by atoms with Crippen molar-refractivity contribution >= 4 is 0 Å². The van der Waals surface area contributed by atoms with E-state index in [1.54, 1.807) is 0 Å². The lowest BCUT2D eigenvalue weighted by Crippen LogP contribution is -2.55. The zero-order valence-electron chi connectivity index (χ0n) is 11.8. The molecule has 1 N–H and O–H groups in total. The molecule has 0 aromatic rings. The lowest BCUT2D eigenvalue weighted by molar-refractivity contribution is 0.0270. The first-order valence-corrected chi connectivity index (χ1v) is 7.40. The first-order chi connectivity index (χ1) is 8.16. The van der Waals surface area contributed by atoms with E-state index in [0.29, 0.717) is 18.1 Å². The third-order valence-corrected chi connectivity index (χ3v) is 4.48. The van der Waals surface area contributed by atoms with Crippen molar-refractivity contribution in [3.05, 3.63) is 0 Å². The molecule has 2 saturated heterocycles. The number of hydrazine groups is 1. The summed E-state index contributed by atoms with van der Waals surface area (Å²) in [6.45, 7) is 7.24. The number of nitrogens with zero attached hydrogens (tertiary/aromatic N) is 2. The summed E-state index contributed by atoms with van der Waals surface area (Å²) >= 11 is 0. The molecule has 3 atom stereocenters. The van der Waals surface area contributed by atoms with Crippen LogP contribution >= 0.6 is 0 Å². The fourth-order valence-corrected chi connectivity index (χ4v) is 3.26. The minimum absolute atomic E-state index is 0.697. The van der Waals surface area contributed by atoms with Gasteiger partial charge < -0.3 is 4.90 Å². The minimum atomic E-state index is 0.697. The zero-order valence-corrected chi connectivity index (χ0v) is 11.8. The molecule has 0 aliphatic carbocycles. The van der Waals surface area contributed by atoms with Gasteiger partial charge in [0.05, 0.1) is 0 Å². The van der Waals surface area contributed by atoms with Gasteiger partial charge >= 0.3 is 0 Å². The molecule has 2 aliphatic rings. The van der Waals surface area contributed by atoms with E-state index in [1.165, 1.54) is 51.6 Å². The predicted octanol–water partition coefficient (Wildman–Crippen LogP) is 2.24. The Kier molecular flexibility index (Phi) is 4.83. The Morgan fingerprint density at radius 1 is 0.882 bits per heavy atom. The highest BCUT2D eigenvalue weighted by Crippen LogP contribution is 2.22. The Balaban J connectivity index is 1.85. The standard InChI is InChI=1S/C14H29N3/c1-12-6-4-7-13(2)17(12)15-14-8-5-10-16(3)11-9-14/h12-15H,4-11H2,1-3H3. The first-order valence-electron chi connectivity index (χ1n) is 7.40. The average molecular weight is 239 g/mol. The number of rotatable bonds is 2. The Hall–Kier alpha value is -0.120. The Morgan fingerprint density at radius 3 is 2.29 bits per heavy atom. The Morgan fingerprint density at radius 2 is 1.59 bits per heavy atom. The average Bonchev–Trinajstić information content (AvgIpc) is 2.49. The van der Waals surface area contributed by atoms with E-state index < -0.39 is 0 Å². The molecular weight excluding hydrogens is 210 g/mol. The fraction of sp³-hybridized carbons (Fsp3) is 1.00. The Labute approximate surface area is 107 Å². The van der Waals surface area contributed by atoms with E-state index in [-0.39, 0.29) is 0 Å². The second-order valence-electron chi connectivity index (χ2n) is 6.10. The maximum atomic E-state index is 3.82. The van der Waals surface area contributed by atoms with Crippen molar-refractivity contribution in [3.63, 3.8) is 0 Å². The second kappa shape index (κ2) is 6.17. The molecule has 0 bridgehead atoms. The van der Waals surface area contributed by atoms with E-state index in [4.69, 9.17) is 0 Å². The summed E-state index contributed by atoms with van der Waals surface area (Å²) in [6, 6.07) is 2.11. The molecule has 3 nitrogen and oxygen atoms in total. The van der Waals surface area contributed by atoms with Crippen LogP contribution in [0.1, 0.15) is 52.4 Å². The van der Waals surface area contributed by atoms with Gasteiger partial charge in [-0.05, 0) is 66.1 Å². The highest BCUT2D eigenvalue weighted by molar-refractivity contribution is 4.80. The minimum Gasteiger partial charge on any atom is -0.306 e. The maximum Gasteiger partial charge on any atom is 0.0228 e. The summed E-state index contributed by atoms with van der Waals surface area (Å²) in [5.41, 5.74) is 3.82. The van der Waals surface area contributed by atoms with E-state index in [9.17, 15) is 0 Å². The fourth-order valence-electron chi connectivity index (χ4n) is 3.26. The van der Waals surface area contributed by atoms with Crippen LogP contribution in [0.5, 0.6) is 0 Å². The molecule has 3 heteroatoms. The molecule has 0 radical (unpaired) electrons. The van der Waals surface area contributed by atoms with Gasteiger partial charge in [-0.15, -0.1) is 0 Å². The van der Waals surface area contributed by atoms with Crippen molar-refractivity contribution in [3.8, 4) is 0 Å². The van der Waals surface area contributed by atoms with E-state index in [1.807, 2.05) is 0 Å². The van der Waals surface area contributed by atoms with Crippen molar-refractivity contribution in [1.82, 2.24) is 15.3 Å².